The molecule has 1 unspecified atom stereocenters. The van der Waals surface area contributed by atoms with Crippen molar-refractivity contribution in [3.8, 4) is 23.0 Å². The molecule has 41 heavy (non-hydrogen) atoms. The minimum atomic E-state index is -4.53. The molecule has 1 heterocycles. The van der Waals surface area contributed by atoms with E-state index in [1.54, 1.807) is 41.7 Å². The fourth-order valence-corrected chi connectivity index (χ4v) is 5.56. The number of unbranched alkanes of at least 4 members (excludes halogenated alkanes) is 5. The molecule has 1 N–H and O–H groups in total. The summed E-state index contributed by atoms with van der Waals surface area (Å²) in [5.41, 5.74) is 2.94. The molecule has 11 heteroatoms. The quantitative estimate of drug-likeness (QED) is 0.0808. The van der Waals surface area contributed by atoms with Gasteiger partial charge in [0.15, 0.2) is 24.2 Å². The van der Waals surface area contributed by atoms with E-state index in [2.05, 4.69) is 6.92 Å². The highest BCUT2D eigenvalue weighted by atomic mass is 32.1. The summed E-state index contributed by atoms with van der Waals surface area (Å²) >= 11 is 1.65. The maximum absolute atomic E-state index is 12.9. The molecule has 0 aliphatic carbocycles. The number of para-hydroxylation sites is 1. The number of hydrogen-bond acceptors (Lipinski definition) is 8. The summed E-state index contributed by atoms with van der Waals surface area (Å²) in [5, 5.41) is 0. The molecule has 0 saturated heterocycles. The first kappa shape index (κ1) is 32.9. The van der Waals surface area contributed by atoms with Gasteiger partial charge in [-0.05, 0) is 37.6 Å². The molecular formula is C30H43NO8PS+. The monoisotopic (exact) mass is 608 g/mol. The molecule has 0 amide bonds. The summed E-state index contributed by atoms with van der Waals surface area (Å²) in [6, 6.07) is 11.9. The van der Waals surface area contributed by atoms with Gasteiger partial charge in [0, 0.05) is 12.2 Å². The second-order valence-electron chi connectivity index (χ2n) is 9.56. The zero-order valence-corrected chi connectivity index (χ0v) is 26.0. The first-order valence-corrected chi connectivity index (χ1v) is 16.5. The van der Waals surface area contributed by atoms with Crippen LogP contribution in [0.4, 0.5) is 0 Å². The first-order chi connectivity index (χ1) is 19.9. The Bertz CT molecular complexity index is 1220. The van der Waals surface area contributed by atoms with Crippen molar-refractivity contribution in [1.29, 1.82) is 0 Å². The van der Waals surface area contributed by atoms with Gasteiger partial charge in [-0.3, -0.25) is 4.89 Å². The molecule has 0 fully saturated rings. The van der Waals surface area contributed by atoms with Crippen molar-refractivity contribution in [1.82, 2.24) is 0 Å². The molecule has 3 aromatic rings. The molecular weight excluding hydrogens is 565 g/mol. The maximum atomic E-state index is 12.9. The van der Waals surface area contributed by atoms with Crippen LogP contribution in [0.25, 0.3) is 0 Å². The van der Waals surface area contributed by atoms with Gasteiger partial charge in [-0.1, -0.05) is 68.6 Å². The van der Waals surface area contributed by atoms with E-state index >= 15 is 0 Å². The largest absolute Gasteiger partial charge is 0.585 e. The summed E-state index contributed by atoms with van der Waals surface area (Å²) in [6.45, 7) is 7.28. The van der Waals surface area contributed by atoms with Crippen LogP contribution >= 0.6 is 19.2 Å². The Balaban J connectivity index is 1.42. The number of hydrogen-bond donors (Lipinski definition) is 1. The molecule has 0 spiro atoms. The lowest BCUT2D eigenvalue weighted by Crippen LogP contribution is -2.30. The van der Waals surface area contributed by atoms with E-state index in [9.17, 15) is 9.46 Å². The third-order valence-corrected chi connectivity index (χ3v) is 7.79. The van der Waals surface area contributed by atoms with Crippen LogP contribution in [-0.4, -0.2) is 45.0 Å². The van der Waals surface area contributed by atoms with Crippen molar-refractivity contribution < 1.29 is 42.0 Å². The average Bonchev–Trinajstić information content (AvgIpc) is 3.35. The van der Waals surface area contributed by atoms with Crippen LogP contribution in [0.5, 0.6) is 23.0 Å². The number of nitrogens with zero attached hydrogens (tertiary/aromatic N) is 1. The number of benzene rings is 2. The third-order valence-electron chi connectivity index (χ3n) is 6.07. The zero-order chi connectivity index (χ0) is 29.3. The minimum Gasteiger partial charge on any atom is -0.490 e. The van der Waals surface area contributed by atoms with Gasteiger partial charge in [0.1, 0.15) is 12.4 Å². The number of rotatable bonds is 21. The van der Waals surface area contributed by atoms with Crippen LogP contribution in [0, 0.1) is 6.92 Å². The third kappa shape index (κ3) is 12.4. The normalized spacial score (nSPS) is 12.6. The molecule has 2 aromatic carbocycles. The van der Waals surface area contributed by atoms with E-state index < -0.39 is 7.82 Å². The van der Waals surface area contributed by atoms with Crippen molar-refractivity contribution in [2.24, 2.45) is 0 Å². The van der Waals surface area contributed by atoms with Gasteiger partial charge in [0.2, 0.25) is 11.3 Å². The molecule has 0 aliphatic rings. The standard InChI is InChI=1S/C30H42NO8PS/c1-4-5-6-7-8-9-16-35-17-18-36-19-20-37-28-14-11-15-29(30(28)34-3)39-40(32,33)38-27-13-10-12-26(21-27)23-31-22-25(2)41-24-31/h10-15,21-22,24H,4-9,16-20,23H2,1-3H3/p+1. The van der Waals surface area contributed by atoms with E-state index in [4.69, 9.17) is 28.0 Å². The van der Waals surface area contributed by atoms with Crippen molar-refractivity contribution in [2.75, 3.05) is 40.1 Å². The molecule has 9 nitrogen and oxygen atoms in total. The molecule has 3 rings (SSSR count). The van der Waals surface area contributed by atoms with Gasteiger partial charge in [-0.2, -0.15) is 4.57 Å². The number of methoxy groups -OCH3 is 1. The Labute approximate surface area is 247 Å². The van der Waals surface area contributed by atoms with Crippen molar-refractivity contribution in [2.45, 2.75) is 58.9 Å². The van der Waals surface area contributed by atoms with Crippen LogP contribution in [-0.2, 0) is 20.6 Å². The summed E-state index contributed by atoms with van der Waals surface area (Å²) in [5.74, 6) is 0.796. The average molecular weight is 609 g/mol. The van der Waals surface area contributed by atoms with Crippen LogP contribution in [0.15, 0.2) is 54.2 Å². The van der Waals surface area contributed by atoms with Gasteiger partial charge in [0.25, 0.3) is 0 Å². The first-order valence-electron chi connectivity index (χ1n) is 14.1. The van der Waals surface area contributed by atoms with Gasteiger partial charge in [-0.15, -0.1) is 0 Å². The molecule has 0 bridgehead atoms. The van der Waals surface area contributed by atoms with Crippen LogP contribution in [0.2, 0.25) is 0 Å². The lowest BCUT2D eigenvalue weighted by Gasteiger charge is -2.18. The SMILES string of the molecule is CCCCCCCCOCCOCCOc1cccc(OP(=O)(O)Oc2cccc(C[n+]3csc(C)c3)c2)c1OC. The van der Waals surface area contributed by atoms with Crippen LogP contribution in [0.3, 0.4) is 0 Å². The number of aryl methyl sites for hydroxylation is 1. The van der Waals surface area contributed by atoms with Gasteiger partial charge in [-0.25, -0.2) is 4.57 Å². The second-order valence-corrected chi connectivity index (χ2v) is 12.0. The number of ether oxygens (including phenoxy) is 4. The predicted octanol–water partition coefficient (Wildman–Crippen LogP) is 6.73. The summed E-state index contributed by atoms with van der Waals surface area (Å²) < 4.78 is 48.1. The number of aromatic nitrogens is 1. The van der Waals surface area contributed by atoms with Crippen molar-refractivity contribution in [3.05, 3.63) is 64.6 Å². The van der Waals surface area contributed by atoms with E-state index in [0.717, 1.165) is 18.6 Å². The summed E-state index contributed by atoms with van der Waals surface area (Å²) in [7, 11) is -3.10. The van der Waals surface area contributed by atoms with Gasteiger partial charge < -0.3 is 28.0 Å². The smallest absolute Gasteiger partial charge is 0.490 e. The molecule has 0 saturated carbocycles. The van der Waals surface area contributed by atoms with E-state index in [0.29, 0.717) is 32.1 Å². The Morgan fingerprint density at radius 1 is 0.878 bits per heavy atom. The fourth-order valence-electron chi connectivity index (χ4n) is 4.12. The molecule has 0 radical (unpaired) electrons. The highest BCUT2D eigenvalue weighted by molar-refractivity contribution is 7.48. The zero-order valence-electron chi connectivity index (χ0n) is 24.3. The second kappa shape index (κ2) is 18.0. The van der Waals surface area contributed by atoms with E-state index in [1.165, 1.54) is 50.2 Å². The van der Waals surface area contributed by atoms with Crippen LogP contribution in [0.1, 0.15) is 55.9 Å². The fraction of sp³-hybridized carbons (Fsp3) is 0.500. The minimum absolute atomic E-state index is 0.0281. The molecule has 1 atom stereocenters. The van der Waals surface area contributed by atoms with Crippen LogP contribution < -0.4 is 23.1 Å². The summed E-state index contributed by atoms with van der Waals surface area (Å²) in [4.78, 5) is 11.7. The Kier molecular flexibility index (Phi) is 14.5. The number of thiazole rings is 1. The van der Waals surface area contributed by atoms with Crippen molar-refractivity contribution >= 4 is 19.2 Å². The molecule has 0 aliphatic heterocycles. The van der Waals surface area contributed by atoms with Gasteiger partial charge >= 0.3 is 7.82 Å². The number of phosphoric ester groups is 1. The Morgan fingerprint density at radius 3 is 2.34 bits per heavy atom. The predicted molar refractivity (Wildman–Crippen MR) is 159 cm³/mol. The number of phosphoric acid groups is 1. The van der Waals surface area contributed by atoms with E-state index in [1.807, 2.05) is 29.3 Å². The Morgan fingerprint density at radius 2 is 1.59 bits per heavy atom. The lowest BCUT2D eigenvalue weighted by molar-refractivity contribution is -0.683. The lowest BCUT2D eigenvalue weighted by atomic mass is 10.1. The van der Waals surface area contributed by atoms with Gasteiger partial charge in [0.05, 0.1) is 31.8 Å². The van der Waals surface area contributed by atoms with Crippen molar-refractivity contribution in [3.63, 3.8) is 0 Å². The molecule has 1 aromatic heterocycles. The topological polar surface area (TPSA) is 96.6 Å². The highest BCUT2D eigenvalue weighted by Gasteiger charge is 2.28. The van der Waals surface area contributed by atoms with E-state index in [-0.39, 0.29) is 23.9 Å². The highest BCUT2D eigenvalue weighted by Crippen LogP contribution is 2.49. The Hall–Kier alpha value is -2.62. The summed E-state index contributed by atoms with van der Waals surface area (Å²) in [6.07, 6.45) is 9.47. The maximum Gasteiger partial charge on any atom is 0.585 e. The molecule has 226 valence electrons.